The minimum Gasteiger partial charge on any atom is -0.508 e. The van der Waals surface area contributed by atoms with E-state index in [4.69, 9.17) is 0 Å². The summed E-state index contributed by atoms with van der Waals surface area (Å²) in [5.41, 5.74) is 5.68. The Kier molecular flexibility index (Phi) is 4.78. The van der Waals surface area contributed by atoms with Crippen molar-refractivity contribution in [3.63, 3.8) is 0 Å². The second kappa shape index (κ2) is 6.76. The Bertz CT molecular complexity index is 724. The number of hydrogen-bond donors (Lipinski definition) is 3. The molecule has 0 aliphatic carbocycles. The molecule has 0 fully saturated rings. The molecule has 0 heterocycles. The third-order valence-corrected chi connectivity index (χ3v) is 3.47. The highest BCUT2D eigenvalue weighted by Gasteiger charge is 2.05. The van der Waals surface area contributed by atoms with Crippen LogP contribution in [0.3, 0.4) is 0 Å². The number of hydrazone groups is 1. The average Bonchev–Trinajstić information content (AvgIpc) is 2.47. The van der Waals surface area contributed by atoms with Gasteiger partial charge in [-0.05, 0) is 60.4 Å². The number of hydrogen-bond acceptors (Lipinski definition) is 4. The summed E-state index contributed by atoms with van der Waals surface area (Å²) in [5.74, 6) is 0.0987. The van der Waals surface area contributed by atoms with Crippen LogP contribution in [0.2, 0.25) is 0 Å². The molecule has 1 amide bonds. The summed E-state index contributed by atoms with van der Waals surface area (Å²) in [7, 11) is 0. The lowest BCUT2D eigenvalue weighted by atomic mass is 10.0. The quantitative estimate of drug-likeness (QED) is 0.599. The Morgan fingerprint density at radius 3 is 2.68 bits per heavy atom. The van der Waals surface area contributed by atoms with Crippen molar-refractivity contribution in [3.8, 4) is 11.5 Å². The molecule has 0 saturated carbocycles. The smallest absolute Gasteiger partial charge is 0.244 e. The number of rotatable bonds is 4. The molecular formula is C17H18N2O3. The van der Waals surface area contributed by atoms with Crippen molar-refractivity contribution >= 4 is 12.1 Å². The molecular weight excluding hydrogens is 280 g/mol. The number of phenols is 2. The topological polar surface area (TPSA) is 81.9 Å². The SMILES string of the molecule is Cc1c(O)ccc(/C=N/NC(=O)Cc2cccc(O)c2)c1C. The van der Waals surface area contributed by atoms with Crippen LogP contribution in [0.1, 0.15) is 22.3 Å². The normalized spacial score (nSPS) is 10.8. The Labute approximate surface area is 128 Å². The van der Waals surface area contributed by atoms with E-state index in [9.17, 15) is 15.0 Å². The molecule has 2 aromatic carbocycles. The molecule has 5 heteroatoms. The maximum atomic E-state index is 11.8. The van der Waals surface area contributed by atoms with Crippen molar-refractivity contribution in [2.45, 2.75) is 20.3 Å². The summed E-state index contributed by atoms with van der Waals surface area (Å²) in [4.78, 5) is 11.8. The molecule has 114 valence electrons. The van der Waals surface area contributed by atoms with Crippen LogP contribution in [0.15, 0.2) is 41.5 Å². The van der Waals surface area contributed by atoms with Gasteiger partial charge in [-0.25, -0.2) is 5.43 Å². The zero-order valence-electron chi connectivity index (χ0n) is 12.5. The van der Waals surface area contributed by atoms with E-state index in [1.165, 1.54) is 6.07 Å². The van der Waals surface area contributed by atoms with Gasteiger partial charge in [0, 0.05) is 0 Å². The maximum Gasteiger partial charge on any atom is 0.244 e. The first kappa shape index (κ1) is 15.6. The van der Waals surface area contributed by atoms with E-state index in [1.54, 1.807) is 36.5 Å². The van der Waals surface area contributed by atoms with Crippen LogP contribution in [0, 0.1) is 13.8 Å². The second-order valence-electron chi connectivity index (χ2n) is 5.06. The molecule has 2 aromatic rings. The van der Waals surface area contributed by atoms with Crippen LogP contribution >= 0.6 is 0 Å². The standard InChI is InChI=1S/C17H18N2O3/c1-11-12(2)16(21)7-6-14(11)10-18-19-17(22)9-13-4-3-5-15(20)8-13/h3-8,10,20-21H,9H2,1-2H3,(H,19,22)/b18-10+. The predicted molar refractivity (Wildman–Crippen MR) is 85.1 cm³/mol. The van der Waals surface area contributed by atoms with Crippen LogP contribution in [-0.2, 0) is 11.2 Å². The minimum absolute atomic E-state index is 0.129. The van der Waals surface area contributed by atoms with Crippen molar-refractivity contribution in [3.05, 3.63) is 58.7 Å². The Morgan fingerprint density at radius 2 is 1.95 bits per heavy atom. The molecule has 2 rings (SSSR count). The first-order valence-electron chi connectivity index (χ1n) is 6.86. The first-order chi connectivity index (χ1) is 10.5. The number of benzene rings is 2. The summed E-state index contributed by atoms with van der Waals surface area (Å²) >= 11 is 0. The number of carbonyl (C=O) groups is 1. The molecule has 0 atom stereocenters. The third kappa shape index (κ3) is 3.85. The number of carbonyl (C=O) groups excluding carboxylic acids is 1. The van der Waals surface area contributed by atoms with E-state index in [2.05, 4.69) is 10.5 Å². The summed E-state index contributed by atoms with van der Waals surface area (Å²) in [6, 6.07) is 9.87. The van der Waals surface area contributed by atoms with Gasteiger partial charge in [0.05, 0.1) is 12.6 Å². The number of nitrogens with one attached hydrogen (secondary N) is 1. The van der Waals surface area contributed by atoms with Gasteiger partial charge in [-0.3, -0.25) is 4.79 Å². The average molecular weight is 298 g/mol. The highest BCUT2D eigenvalue weighted by atomic mass is 16.3. The van der Waals surface area contributed by atoms with E-state index < -0.39 is 0 Å². The molecule has 0 bridgehead atoms. The Morgan fingerprint density at radius 1 is 1.18 bits per heavy atom. The van der Waals surface area contributed by atoms with E-state index in [0.29, 0.717) is 5.56 Å². The minimum atomic E-state index is -0.269. The molecule has 0 spiro atoms. The van der Waals surface area contributed by atoms with Crippen LogP contribution in [0.4, 0.5) is 0 Å². The van der Waals surface area contributed by atoms with Gasteiger partial charge in [-0.15, -0.1) is 0 Å². The fourth-order valence-electron chi connectivity index (χ4n) is 2.03. The summed E-state index contributed by atoms with van der Waals surface area (Å²) in [6.45, 7) is 3.70. The lowest BCUT2D eigenvalue weighted by Gasteiger charge is -2.06. The van der Waals surface area contributed by atoms with Gasteiger partial charge in [0.2, 0.25) is 5.91 Å². The first-order valence-corrected chi connectivity index (χ1v) is 6.86. The highest BCUT2D eigenvalue weighted by Crippen LogP contribution is 2.21. The van der Waals surface area contributed by atoms with E-state index in [1.807, 2.05) is 13.8 Å². The molecule has 3 N–H and O–H groups in total. The number of aromatic hydroxyl groups is 2. The van der Waals surface area contributed by atoms with Crippen molar-refractivity contribution in [2.75, 3.05) is 0 Å². The van der Waals surface area contributed by atoms with Crippen LogP contribution in [0.5, 0.6) is 11.5 Å². The Hall–Kier alpha value is -2.82. The highest BCUT2D eigenvalue weighted by molar-refractivity contribution is 5.85. The van der Waals surface area contributed by atoms with Crippen molar-refractivity contribution in [1.82, 2.24) is 5.43 Å². The fourth-order valence-corrected chi connectivity index (χ4v) is 2.03. The van der Waals surface area contributed by atoms with Crippen LogP contribution < -0.4 is 5.43 Å². The van der Waals surface area contributed by atoms with Gasteiger partial charge in [0.1, 0.15) is 11.5 Å². The lowest BCUT2D eigenvalue weighted by molar-refractivity contribution is -0.120. The van der Waals surface area contributed by atoms with Crippen molar-refractivity contribution in [2.24, 2.45) is 5.10 Å². The van der Waals surface area contributed by atoms with E-state index in [0.717, 1.165) is 16.7 Å². The molecule has 0 unspecified atom stereocenters. The zero-order valence-corrected chi connectivity index (χ0v) is 12.5. The van der Waals surface area contributed by atoms with Gasteiger partial charge in [-0.1, -0.05) is 12.1 Å². The molecule has 22 heavy (non-hydrogen) atoms. The lowest BCUT2D eigenvalue weighted by Crippen LogP contribution is -2.19. The molecule has 0 saturated heterocycles. The van der Waals surface area contributed by atoms with Crippen LogP contribution in [0.25, 0.3) is 0 Å². The van der Waals surface area contributed by atoms with E-state index in [-0.39, 0.29) is 23.8 Å². The van der Waals surface area contributed by atoms with E-state index >= 15 is 0 Å². The molecule has 0 radical (unpaired) electrons. The molecule has 0 aliphatic rings. The molecule has 0 aromatic heterocycles. The van der Waals surface area contributed by atoms with Gasteiger partial charge in [-0.2, -0.15) is 5.10 Å². The predicted octanol–water partition coefficient (Wildman–Crippen LogP) is 2.41. The third-order valence-electron chi connectivity index (χ3n) is 3.47. The number of nitrogens with zero attached hydrogens (tertiary/aromatic N) is 1. The van der Waals surface area contributed by atoms with Crippen LogP contribution in [-0.4, -0.2) is 22.3 Å². The van der Waals surface area contributed by atoms with Gasteiger partial charge >= 0.3 is 0 Å². The summed E-state index contributed by atoms with van der Waals surface area (Å²) < 4.78 is 0. The van der Waals surface area contributed by atoms with Gasteiger partial charge in [0.25, 0.3) is 0 Å². The zero-order chi connectivity index (χ0) is 16.1. The van der Waals surface area contributed by atoms with Crippen molar-refractivity contribution < 1.29 is 15.0 Å². The van der Waals surface area contributed by atoms with Gasteiger partial charge < -0.3 is 10.2 Å². The Balaban J connectivity index is 1.98. The number of phenolic OH excluding ortho intramolecular Hbond substituents is 2. The largest absolute Gasteiger partial charge is 0.508 e. The van der Waals surface area contributed by atoms with Gasteiger partial charge in [0.15, 0.2) is 0 Å². The summed E-state index contributed by atoms with van der Waals surface area (Å²) in [5, 5.41) is 22.9. The van der Waals surface area contributed by atoms with Crippen molar-refractivity contribution in [1.29, 1.82) is 0 Å². The number of amides is 1. The fraction of sp³-hybridized carbons (Fsp3) is 0.176. The monoisotopic (exact) mass is 298 g/mol. The molecule has 5 nitrogen and oxygen atoms in total. The second-order valence-corrected chi connectivity index (χ2v) is 5.06. The maximum absolute atomic E-state index is 11.8. The summed E-state index contributed by atoms with van der Waals surface area (Å²) in [6.07, 6.45) is 1.68. The molecule has 0 aliphatic heterocycles.